The van der Waals surface area contributed by atoms with Crippen molar-refractivity contribution in [2.75, 3.05) is 18.5 Å². The fourth-order valence-corrected chi connectivity index (χ4v) is 5.59. The minimum absolute atomic E-state index is 0.0810. The van der Waals surface area contributed by atoms with Gasteiger partial charge in [0.05, 0.1) is 11.5 Å². The molecule has 2 atom stereocenters. The molecule has 1 aliphatic heterocycles. The number of carbonyl (C=O) groups is 1. The minimum Gasteiger partial charge on any atom is -0.381 e. The molecule has 1 saturated heterocycles. The van der Waals surface area contributed by atoms with E-state index in [1.54, 1.807) is 0 Å². The summed E-state index contributed by atoms with van der Waals surface area (Å²) in [6.45, 7) is 1.53. The number of fused-ring (bicyclic) bond motifs is 1. The molecule has 6 rings (SSSR count). The molecule has 5 heteroatoms. The summed E-state index contributed by atoms with van der Waals surface area (Å²) in [4.78, 5) is 17.2. The maximum Gasteiger partial charge on any atom is 0.229 e. The molecule has 1 aromatic heterocycles. The first-order valence-corrected chi connectivity index (χ1v) is 10.3. The number of nitriles is 1. The van der Waals surface area contributed by atoms with Crippen LogP contribution in [-0.4, -0.2) is 24.1 Å². The molecule has 1 N–H and O–H groups in total. The molecule has 5 nitrogen and oxygen atoms in total. The van der Waals surface area contributed by atoms with Gasteiger partial charge in [0.2, 0.25) is 5.91 Å². The standard InChI is InChI=1S/C23H23N3O2/c24-14-23(13-22(23)3-4-22)17-2-1-15-12-25-19(10-16(15)9-17)26-20(27)18-11-21(18)5-7-28-8-6-21/h1-2,9-10,12,18H,3-8,11,13H2,(H,25,26,27)/t18-,23+/m0/s1. The van der Waals surface area contributed by atoms with Crippen LogP contribution in [0.3, 0.4) is 0 Å². The van der Waals surface area contributed by atoms with Crippen LogP contribution in [0.5, 0.6) is 0 Å². The number of ether oxygens (including phenoxy) is 1. The van der Waals surface area contributed by atoms with Crippen LogP contribution >= 0.6 is 0 Å². The second kappa shape index (κ2) is 5.33. The topological polar surface area (TPSA) is 75.0 Å². The highest BCUT2D eigenvalue weighted by Crippen LogP contribution is 2.78. The number of hydrogen-bond acceptors (Lipinski definition) is 4. The Labute approximate surface area is 164 Å². The van der Waals surface area contributed by atoms with E-state index < -0.39 is 0 Å². The molecule has 4 fully saturated rings. The monoisotopic (exact) mass is 373 g/mol. The number of benzene rings is 1. The summed E-state index contributed by atoms with van der Waals surface area (Å²) in [7, 11) is 0. The Hall–Kier alpha value is -2.45. The van der Waals surface area contributed by atoms with E-state index in [9.17, 15) is 10.1 Å². The molecule has 0 radical (unpaired) electrons. The molecule has 0 bridgehead atoms. The quantitative estimate of drug-likeness (QED) is 0.884. The predicted molar refractivity (Wildman–Crippen MR) is 105 cm³/mol. The van der Waals surface area contributed by atoms with Crippen LogP contribution in [0.25, 0.3) is 10.8 Å². The highest BCUT2D eigenvalue weighted by Gasteiger charge is 2.75. The number of nitrogens with one attached hydrogen (secondary N) is 1. The van der Waals surface area contributed by atoms with E-state index in [1.165, 1.54) is 12.8 Å². The molecule has 2 spiro atoms. The van der Waals surface area contributed by atoms with Gasteiger partial charge >= 0.3 is 0 Å². The summed E-state index contributed by atoms with van der Waals surface area (Å²) < 4.78 is 5.44. The minimum atomic E-state index is -0.294. The smallest absolute Gasteiger partial charge is 0.229 e. The zero-order valence-electron chi connectivity index (χ0n) is 15.8. The van der Waals surface area contributed by atoms with Crippen molar-refractivity contribution in [3.63, 3.8) is 0 Å². The van der Waals surface area contributed by atoms with Crippen molar-refractivity contribution in [2.45, 2.75) is 43.9 Å². The van der Waals surface area contributed by atoms with Crippen LogP contribution in [0.2, 0.25) is 0 Å². The van der Waals surface area contributed by atoms with Crippen molar-refractivity contribution < 1.29 is 9.53 Å². The second-order valence-electron chi connectivity index (χ2n) is 9.33. The number of amides is 1. The van der Waals surface area contributed by atoms with Gasteiger partial charge in [-0.1, -0.05) is 12.1 Å². The number of rotatable bonds is 3. The lowest BCUT2D eigenvalue weighted by atomic mass is 9.92. The lowest BCUT2D eigenvalue weighted by molar-refractivity contribution is -0.118. The average Bonchev–Trinajstić information content (AvgIpc) is 3.66. The molecule has 2 aromatic rings. The second-order valence-corrected chi connectivity index (χ2v) is 9.33. The fraction of sp³-hybridized carbons (Fsp3) is 0.522. The number of pyridine rings is 1. The van der Waals surface area contributed by atoms with Crippen LogP contribution in [-0.2, 0) is 14.9 Å². The van der Waals surface area contributed by atoms with E-state index >= 15 is 0 Å². The van der Waals surface area contributed by atoms with Crippen molar-refractivity contribution in [2.24, 2.45) is 16.7 Å². The summed E-state index contributed by atoms with van der Waals surface area (Å²) in [6, 6.07) is 10.8. The summed E-state index contributed by atoms with van der Waals surface area (Å²) in [5.41, 5.74) is 1.24. The zero-order valence-corrected chi connectivity index (χ0v) is 15.8. The molecule has 2 heterocycles. The summed E-state index contributed by atoms with van der Waals surface area (Å²) in [5, 5.41) is 14.9. The maximum absolute atomic E-state index is 12.7. The van der Waals surface area contributed by atoms with Crippen molar-refractivity contribution >= 4 is 22.5 Å². The Morgan fingerprint density at radius 1 is 1.18 bits per heavy atom. The van der Waals surface area contributed by atoms with E-state index in [4.69, 9.17) is 4.74 Å². The SMILES string of the molecule is N#C[C@@]1(c2ccc3cnc(NC(=O)[C@@H]4CC45CCOCC5)cc3c2)CC12CC2. The Morgan fingerprint density at radius 3 is 2.71 bits per heavy atom. The normalized spacial score (nSPS) is 30.8. The lowest BCUT2D eigenvalue weighted by Gasteiger charge is -2.22. The summed E-state index contributed by atoms with van der Waals surface area (Å²) >= 11 is 0. The van der Waals surface area contributed by atoms with Crippen molar-refractivity contribution in [1.82, 2.24) is 4.98 Å². The van der Waals surface area contributed by atoms with Crippen LogP contribution in [0.4, 0.5) is 5.82 Å². The van der Waals surface area contributed by atoms with Gasteiger partial charge in [0.15, 0.2) is 0 Å². The number of carbonyl (C=O) groups excluding carboxylic acids is 1. The van der Waals surface area contributed by atoms with Crippen molar-refractivity contribution in [1.29, 1.82) is 5.26 Å². The first kappa shape index (κ1) is 16.5. The Morgan fingerprint density at radius 2 is 2.00 bits per heavy atom. The van der Waals surface area contributed by atoms with Crippen LogP contribution < -0.4 is 5.32 Å². The van der Waals surface area contributed by atoms with Gasteiger partial charge in [0.1, 0.15) is 5.82 Å². The van der Waals surface area contributed by atoms with Gasteiger partial charge in [0.25, 0.3) is 0 Å². The van der Waals surface area contributed by atoms with E-state index in [0.29, 0.717) is 5.82 Å². The molecule has 1 amide bonds. The maximum atomic E-state index is 12.7. The van der Waals surface area contributed by atoms with Gasteiger partial charge in [-0.3, -0.25) is 4.79 Å². The van der Waals surface area contributed by atoms with Gasteiger partial charge in [-0.15, -0.1) is 0 Å². The summed E-state index contributed by atoms with van der Waals surface area (Å²) in [5.74, 6) is 0.771. The molecule has 142 valence electrons. The van der Waals surface area contributed by atoms with Crippen LogP contribution in [0, 0.1) is 28.1 Å². The third kappa shape index (κ3) is 2.21. The molecule has 1 aromatic carbocycles. The highest BCUT2D eigenvalue weighted by atomic mass is 16.5. The lowest BCUT2D eigenvalue weighted by Crippen LogP contribution is -2.24. The molecule has 28 heavy (non-hydrogen) atoms. The number of hydrogen-bond donors (Lipinski definition) is 1. The van der Waals surface area contributed by atoms with Gasteiger partial charge in [-0.05, 0) is 72.4 Å². The van der Waals surface area contributed by atoms with E-state index in [2.05, 4.69) is 34.6 Å². The Kier molecular flexibility index (Phi) is 3.14. The molecule has 0 unspecified atom stereocenters. The van der Waals surface area contributed by atoms with Crippen molar-refractivity contribution in [3.05, 3.63) is 36.0 Å². The van der Waals surface area contributed by atoms with Gasteiger partial charge in [0, 0.05) is 30.7 Å². The van der Waals surface area contributed by atoms with E-state index in [1.807, 2.05) is 12.3 Å². The first-order chi connectivity index (χ1) is 13.6. The molecular formula is C23H23N3O2. The highest BCUT2D eigenvalue weighted by molar-refractivity contribution is 5.96. The number of nitrogens with zero attached hydrogens (tertiary/aromatic N) is 2. The van der Waals surface area contributed by atoms with E-state index in [0.717, 1.165) is 55.2 Å². The van der Waals surface area contributed by atoms with Gasteiger partial charge in [-0.2, -0.15) is 5.26 Å². The van der Waals surface area contributed by atoms with Crippen LogP contribution in [0.1, 0.15) is 44.1 Å². The molecule has 3 saturated carbocycles. The van der Waals surface area contributed by atoms with Gasteiger partial charge < -0.3 is 10.1 Å². The fourth-order valence-electron chi connectivity index (χ4n) is 5.59. The average molecular weight is 373 g/mol. The number of aromatic nitrogens is 1. The third-order valence-electron chi connectivity index (χ3n) is 7.89. The zero-order chi connectivity index (χ0) is 19.0. The van der Waals surface area contributed by atoms with Crippen LogP contribution in [0.15, 0.2) is 30.5 Å². The van der Waals surface area contributed by atoms with E-state index in [-0.39, 0.29) is 28.1 Å². The largest absolute Gasteiger partial charge is 0.381 e. The number of anilines is 1. The molecule has 4 aliphatic rings. The Balaban J connectivity index is 1.25. The third-order valence-corrected chi connectivity index (χ3v) is 7.89. The molecular weight excluding hydrogens is 350 g/mol. The Bertz CT molecular complexity index is 1050. The predicted octanol–water partition coefficient (Wildman–Crippen LogP) is 3.94. The van der Waals surface area contributed by atoms with Gasteiger partial charge in [-0.25, -0.2) is 4.98 Å². The van der Waals surface area contributed by atoms with Crippen molar-refractivity contribution in [3.8, 4) is 6.07 Å². The molecule has 3 aliphatic carbocycles. The first-order valence-electron chi connectivity index (χ1n) is 10.3. The summed E-state index contributed by atoms with van der Waals surface area (Å²) in [6.07, 6.45) is 8.07.